The Morgan fingerprint density at radius 1 is 1.04 bits per heavy atom. The van der Waals surface area contributed by atoms with Crippen molar-refractivity contribution >= 4 is 6.29 Å². The first kappa shape index (κ1) is 19.8. The zero-order valence-corrected chi connectivity index (χ0v) is 16.3. The van der Waals surface area contributed by atoms with Crippen LogP contribution in [0.3, 0.4) is 0 Å². The summed E-state index contributed by atoms with van der Waals surface area (Å²) in [4.78, 5) is 13.3. The van der Waals surface area contributed by atoms with Crippen molar-refractivity contribution in [2.75, 3.05) is 13.1 Å². The number of likely N-dealkylation sites (tertiary alicyclic amines) is 1. The van der Waals surface area contributed by atoms with Crippen LogP contribution < -0.4 is 0 Å². The predicted octanol–water partition coefficient (Wildman–Crippen LogP) is 4.39. The molecule has 0 radical (unpaired) electrons. The number of hydrogen-bond acceptors (Lipinski definition) is 3. The second-order valence-electron chi connectivity index (χ2n) is 7.61. The second-order valence-corrected chi connectivity index (χ2v) is 7.61. The fraction of sp³-hybridized carbons (Fsp3) is 0.458. The van der Waals surface area contributed by atoms with Gasteiger partial charge in [0.25, 0.3) is 0 Å². The molecule has 1 fully saturated rings. The number of benzene rings is 2. The standard InChI is InChI=1S/C24H31NO2/c1-2-23(14-9-19-26)25-17-15-22(16-18-25)24(27,20-10-5-3-6-11-20)21-12-7-4-8-13-21/h3-8,10-13,19,22-23,27H,2,9,14-18H2,1H3. The first-order valence-corrected chi connectivity index (χ1v) is 10.2. The van der Waals surface area contributed by atoms with Crippen LogP contribution in [0, 0.1) is 5.92 Å². The van der Waals surface area contributed by atoms with Crippen LogP contribution >= 0.6 is 0 Å². The molecular formula is C24H31NO2. The van der Waals surface area contributed by atoms with Gasteiger partial charge >= 0.3 is 0 Å². The van der Waals surface area contributed by atoms with Gasteiger partial charge in [-0.2, -0.15) is 0 Å². The van der Waals surface area contributed by atoms with Crippen molar-refractivity contribution in [1.29, 1.82) is 0 Å². The van der Waals surface area contributed by atoms with Crippen molar-refractivity contribution in [1.82, 2.24) is 4.90 Å². The van der Waals surface area contributed by atoms with E-state index >= 15 is 0 Å². The first-order valence-electron chi connectivity index (χ1n) is 10.2. The van der Waals surface area contributed by atoms with Crippen LogP contribution in [-0.4, -0.2) is 35.4 Å². The highest BCUT2D eigenvalue weighted by Crippen LogP contribution is 2.42. The molecule has 1 saturated heterocycles. The molecule has 27 heavy (non-hydrogen) atoms. The van der Waals surface area contributed by atoms with Crippen molar-refractivity contribution in [3.63, 3.8) is 0 Å². The molecule has 3 heteroatoms. The van der Waals surface area contributed by atoms with Crippen LogP contribution in [0.5, 0.6) is 0 Å². The largest absolute Gasteiger partial charge is 0.380 e. The molecule has 0 aliphatic carbocycles. The van der Waals surface area contributed by atoms with E-state index in [-0.39, 0.29) is 5.92 Å². The van der Waals surface area contributed by atoms with Gasteiger partial charge in [0, 0.05) is 12.5 Å². The lowest BCUT2D eigenvalue weighted by Crippen LogP contribution is -2.47. The van der Waals surface area contributed by atoms with Gasteiger partial charge in [-0.05, 0) is 55.8 Å². The Labute approximate surface area is 163 Å². The number of hydrogen-bond donors (Lipinski definition) is 1. The Bertz CT molecular complexity index is 653. The van der Waals surface area contributed by atoms with Gasteiger partial charge in [0.1, 0.15) is 11.9 Å². The zero-order valence-electron chi connectivity index (χ0n) is 16.3. The van der Waals surface area contributed by atoms with E-state index in [1.54, 1.807) is 0 Å². The van der Waals surface area contributed by atoms with Gasteiger partial charge < -0.3 is 14.8 Å². The minimum absolute atomic E-state index is 0.183. The molecule has 0 bridgehead atoms. The van der Waals surface area contributed by atoms with E-state index in [4.69, 9.17) is 0 Å². The monoisotopic (exact) mass is 365 g/mol. The molecule has 1 N–H and O–H groups in total. The van der Waals surface area contributed by atoms with Gasteiger partial charge in [0.15, 0.2) is 0 Å². The lowest BCUT2D eigenvalue weighted by atomic mass is 9.72. The minimum Gasteiger partial charge on any atom is -0.380 e. The molecule has 2 aromatic rings. The molecule has 0 aromatic heterocycles. The van der Waals surface area contributed by atoms with Gasteiger partial charge in [-0.3, -0.25) is 0 Å². The van der Waals surface area contributed by atoms with Crippen molar-refractivity contribution in [2.24, 2.45) is 5.92 Å². The third kappa shape index (κ3) is 4.31. The number of rotatable bonds is 8. The maximum absolute atomic E-state index is 11.9. The van der Waals surface area contributed by atoms with Crippen molar-refractivity contribution in [3.8, 4) is 0 Å². The molecular weight excluding hydrogens is 334 g/mol. The molecule has 1 unspecified atom stereocenters. The fourth-order valence-electron chi connectivity index (χ4n) is 4.61. The molecule has 1 aliphatic heterocycles. The maximum Gasteiger partial charge on any atom is 0.120 e. The van der Waals surface area contributed by atoms with E-state index in [2.05, 4.69) is 11.8 Å². The summed E-state index contributed by atoms with van der Waals surface area (Å²) in [6.45, 7) is 4.15. The van der Waals surface area contributed by atoms with E-state index in [0.717, 1.165) is 56.2 Å². The first-order chi connectivity index (χ1) is 13.2. The molecule has 1 heterocycles. The van der Waals surface area contributed by atoms with Gasteiger partial charge in [0.05, 0.1) is 0 Å². The lowest BCUT2D eigenvalue weighted by molar-refractivity contribution is -0.108. The molecule has 1 atom stereocenters. The van der Waals surface area contributed by atoms with E-state index in [1.165, 1.54) is 0 Å². The number of piperidine rings is 1. The van der Waals surface area contributed by atoms with Crippen LogP contribution in [0.1, 0.15) is 50.2 Å². The van der Waals surface area contributed by atoms with Crippen LogP contribution in [0.15, 0.2) is 60.7 Å². The van der Waals surface area contributed by atoms with E-state index < -0.39 is 5.60 Å². The number of carbonyl (C=O) groups excluding carboxylic acids is 1. The van der Waals surface area contributed by atoms with Crippen molar-refractivity contribution < 1.29 is 9.90 Å². The van der Waals surface area contributed by atoms with Gasteiger partial charge in [0.2, 0.25) is 0 Å². The summed E-state index contributed by atoms with van der Waals surface area (Å²) in [7, 11) is 0. The molecule has 3 nitrogen and oxygen atoms in total. The van der Waals surface area contributed by atoms with Gasteiger partial charge in [-0.15, -0.1) is 0 Å². The fourth-order valence-corrected chi connectivity index (χ4v) is 4.61. The van der Waals surface area contributed by atoms with Crippen molar-refractivity contribution in [2.45, 2.75) is 50.7 Å². The Morgan fingerprint density at radius 2 is 1.56 bits per heavy atom. The Kier molecular flexibility index (Phi) is 6.81. The average Bonchev–Trinajstić information content (AvgIpc) is 2.75. The third-order valence-electron chi connectivity index (χ3n) is 6.15. The Hall–Kier alpha value is -1.97. The zero-order chi connectivity index (χ0) is 19.1. The normalized spacial score (nSPS) is 17.6. The summed E-state index contributed by atoms with van der Waals surface area (Å²) in [5.74, 6) is 0.183. The third-order valence-corrected chi connectivity index (χ3v) is 6.15. The number of carbonyl (C=O) groups is 1. The molecule has 144 valence electrons. The highest BCUT2D eigenvalue weighted by atomic mass is 16.3. The smallest absolute Gasteiger partial charge is 0.120 e. The molecule has 0 spiro atoms. The number of aldehydes is 1. The van der Waals surface area contributed by atoms with Crippen LogP contribution in [0.25, 0.3) is 0 Å². The number of aliphatic hydroxyl groups is 1. The van der Waals surface area contributed by atoms with Gasteiger partial charge in [-0.1, -0.05) is 67.6 Å². The summed E-state index contributed by atoms with van der Waals surface area (Å²) in [6, 6.07) is 20.6. The molecule has 3 rings (SSSR count). The summed E-state index contributed by atoms with van der Waals surface area (Å²) in [5.41, 5.74) is 0.990. The summed E-state index contributed by atoms with van der Waals surface area (Å²) in [5, 5.41) is 11.9. The molecule has 0 amide bonds. The van der Waals surface area contributed by atoms with Gasteiger partial charge in [-0.25, -0.2) is 0 Å². The van der Waals surface area contributed by atoms with Crippen LogP contribution in [0.2, 0.25) is 0 Å². The SMILES string of the molecule is CCC(CCC=O)N1CCC(C(O)(c2ccccc2)c2ccccc2)CC1. The van der Waals surface area contributed by atoms with E-state index in [9.17, 15) is 9.90 Å². The van der Waals surface area contributed by atoms with E-state index in [0.29, 0.717) is 12.5 Å². The van der Waals surface area contributed by atoms with Crippen LogP contribution in [-0.2, 0) is 10.4 Å². The maximum atomic E-state index is 11.9. The second kappa shape index (κ2) is 9.29. The predicted molar refractivity (Wildman–Crippen MR) is 110 cm³/mol. The Balaban J connectivity index is 1.81. The summed E-state index contributed by atoms with van der Waals surface area (Å²) < 4.78 is 0. The molecule has 2 aromatic carbocycles. The minimum atomic E-state index is -0.959. The van der Waals surface area contributed by atoms with Crippen LogP contribution in [0.4, 0.5) is 0 Å². The lowest BCUT2D eigenvalue weighted by Gasteiger charge is -2.44. The quantitative estimate of drug-likeness (QED) is 0.705. The highest BCUT2D eigenvalue weighted by molar-refractivity contribution is 5.49. The molecule has 1 aliphatic rings. The highest BCUT2D eigenvalue weighted by Gasteiger charge is 2.41. The van der Waals surface area contributed by atoms with E-state index in [1.807, 2.05) is 60.7 Å². The number of nitrogens with zero attached hydrogens (tertiary/aromatic N) is 1. The summed E-state index contributed by atoms with van der Waals surface area (Å²) >= 11 is 0. The molecule has 0 saturated carbocycles. The topological polar surface area (TPSA) is 40.5 Å². The Morgan fingerprint density at radius 3 is 2.00 bits per heavy atom. The summed E-state index contributed by atoms with van der Waals surface area (Å²) in [6.07, 6.45) is 5.58. The van der Waals surface area contributed by atoms with Crippen molar-refractivity contribution in [3.05, 3.63) is 71.8 Å². The average molecular weight is 366 g/mol.